The number of rotatable bonds is 5. The molecular formula is C31H37NO4S2. The first-order chi connectivity index (χ1) is 17.9. The first kappa shape index (κ1) is 31.0. The summed E-state index contributed by atoms with van der Waals surface area (Å²) in [7, 11) is -4.81. The standard InChI is InChI=1S/2C14H14O2S.C3H9N/c2*1-11-3-7-13(8-4-11)17(15,16)14-9-5-12(2)6-10-14;1-3-4-2/h2*3-10H,1-2H3;4H,3H2,1-2H3. The Hall–Kier alpha value is -3.26. The van der Waals surface area contributed by atoms with E-state index in [1.807, 2.05) is 34.7 Å². The normalized spacial score (nSPS) is 11.0. The van der Waals surface area contributed by atoms with E-state index < -0.39 is 19.7 Å². The van der Waals surface area contributed by atoms with Crippen LogP contribution in [0.1, 0.15) is 29.2 Å². The molecule has 0 saturated carbocycles. The third-order valence-corrected chi connectivity index (χ3v) is 9.25. The van der Waals surface area contributed by atoms with E-state index in [-0.39, 0.29) is 0 Å². The minimum absolute atomic E-state index is 0.340. The molecule has 0 fully saturated rings. The molecule has 0 atom stereocenters. The fourth-order valence-corrected chi connectivity index (χ4v) is 5.66. The predicted octanol–water partition coefficient (Wildman–Crippen LogP) is 6.50. The zero-order valence-electron chi connectivity index (χ0n) is 22.9. The summed E-state index contributed by atoms with van der Waals surface area (Å²) >= 11 is 0. The van der Waals surface area contributed by atoms with Gasteiger partial charge in [0.15, 0.2) is 0 Å². The average molecular weight is 552 g/mol. The molecule has 0 aliphatic rings. The largest absolute Gasteiger partial charge is 0.320 e. The highest BCUT2D eigenvalue weighted by atomic mass is 32.2. The summed E-state index contributed by atoms with van der Waals surface area (Å²) in [6, 6.07) is 27.6. The number of hydrogen-bond acceptors (Lipinski definition) is 5. The van der Waals surface area contributed by atoms with Crippen molar-refractivity contribution in [3.63, 3.8) is 0 Å². The third-order valence-electron chi connectivity index (χ3n) is 5.68. The van der Waals surface area contributed by atoms with Crippen LogP contribution in [0.2, 0.25) is 0 Å². The lowest BCUT2D eigenvalue weighted by Gasteiger charge is -2.05. The molecule has 0 aliphatic heterocycles. The molecular weight excluding hydrogens is 514 g/mol. The molecule has 0 amide bonds. The van der Waals surface area contributed by atoms with E-state index in [2.05, 4.69) is 12.2 Å². The van der Waals surface area contributed by atoms with Crippen LogP contribution in [0.25, 0.3) is 0 Å². The van der Waals surface area contributed by atoms with Gasteiger partial charge in [0, 0.05) is 0 Å². The maximum absolute atomic E-state index is 12.3. The second-order valence-corrected chi connectivity index (χ2v) is 12.9. The number of aryl methyl sites for hydroxylation is 4. The third kappa shape index (κ3) is 8.65. The lowest BCUT2D eigenvalue weighted by atomic mass is 10.2. The smallest absolute Gasteiger partial charge is 0.206 e. The number of nitrogens with one attached hydrogen (secondary N) is 1. The molecule has 1 N–H and O–H groups in total. The fraction of sp³-hybridized carbons (Fsp3) is 0.226. The minimum Gasteiger partial charge on any atom is -0.320 e. The van der Waals surface area contributed by atoms with E-state index in [1.54, 1.807) is 97.1 Å². The first-order valence-corrected chi connectivity index (χ1v) is 15.3. The molecule has 202 valence electrons. The highest BCUT2D eigenvalue weighted by molar-refractivity contribution is 7.91. The molecule has 7 heteroatoms. The summed E-state index contributed by atoms with van der Waals surface area (Å²) in [5, 5.41) is 2.93. The maximum atomic E-state index is 12.3. The van der Waals surface area contributed by atoms with Crippen LogP contribution in [0.5, 0.6) is 0 Å². The minimum atomic E-state index is -3.37. The SMILES string of the molecule is CCNC.Cc1ccc(S(=O)(=O)c2ccc(C)cc2)cc1.Cc1ccc(S(=O)(=O)c2ccc(C)cc2)cc1. The Labute approximate surface area is 228 Å². The highest BCUT2D eigenvalue weighted by Gasteiger charge is 2.17. The van der Waals surface area contributed by atoms with Crippen LogP contribution in [0, 0.1) is 27.7 Å². The van der Waals surface area contributed by atoms with E-state index in [4.69, 9.17) is 0 Å². The summed E-state index contributed by atoms with van der Waals surface area (Å²) in [6.07, 6.45) is 0. The second-order valence-electron chi connectivity index (χ2n) is 8.97. The zero-order valence-corrected chi connectivity index (χ0v) is 24.5. The highest BCUT2D eigenvalue weighted by Crippen LogP contribution is 2.22. The lowest BCUT2D eigenvalue weighted by Crippen LogP contribution is -2.01. The van der Waals surface area contributed by atoms with E-state index >= 15 is 0 Å². The van der Waals surface area contributed by atoms with Gasteiger partial charge in [0.25, 0.3) is 0 Å². The van der Waals surface area contributed by atoms with Gasteiger partial charge in [0.05, 0.1) is 19.6 Å². The van der Waals surface area contributed by atoms with Crippen molar-refractivity contribution in [1.82, 2.24) is 5.32 Å². The van der Waals surface area contributed by atoms with Crippen molar-refractivity contribution in [3.05, 3.63) is 119 Å². The van der Waals surface area contributed by atoms with Crippen LogP contribution >= 0.6 is 0 Å². The van der Waals surface area contributed by atoms with Gasteiger partial charge >= 0.3 is 0 Å². The van der Waals surface area contributed by atoms with Gasteiger partial charge in [-0.3, -0.25) is 0 Å². The van der Waals surface area contributed by atoms with Crippen LogP contribution in [-0.2, 0) is 19.7 Å². The fourth-order valence-electron chi connectivity index (χ4n) is 3.14. The molecule has 4 aromatic rings. The first-order valence-electron chi connectivity index (χ1n) is 12.3. The average Bonchev–Trinajstić information content (AvgIpc) is 2.90. The summed E-state index contributed by atoms with van der Waals surface area (Å²) in [6.45, 7) is 10.9. The van der Waals surface area contributed by atoms with Gasteiger partial charge in [-0.25, -0.2) is 16.8 Å². The van der Waals surface area contributed by atoms with Gasteiger partial charge < -0.3 is 5.32 Å². The van der Waals surface area contributed by atoms with E-state index in [9.17, 15) is 16.8 Å². The lowest BCUT2D eigenvalue weighted by molar-refractivity contribution is 0.594. The molecule has 0 unspecified atom stereocenters. The Balaban J connectivity index is 0.000000234. The van der Waals surface area contributed by atoms with Crippen molar-refractivity contribution < 1.29 is 16.8 Å². The number of sulfone groups is 2. The predicted molar refractivity (Wildman–Crippen MR) is 155 cm³/mol. The Kier molecular flexibility index (Phi) is 11.4. The van der Waals surface area contributed by atoms with Crippen LogP contribution in [0.15, 0.2) is 117 Å². The Morgan fingerprint density at radius 3 is 0.737 bits per heavy atom. The van der Waals surface area contributed by atoms with E-state index in [1.165, 1.54) is 0 Å². The molecule has 4 rings (SSSR count). The Morgan fingerprint density at radius 1 is 0.447 bits per heavy atom. The van der Waals surface area contributed by atoms with Crippen LogP contribution in [0.3, 0.4) is 0 Å². The monoisotopic (exact) mass is 551 g/mol. The molecule has 4 aromatic carbocycles. The van der Waals surface area contributed by atoms with Crippen LogP contribution in [0.4, 0.5) is 0 Å². The van der Waals surface area contributed by atoms with Gasteiger partial charge in [0.1, 0.15) is 0 Å². The number of benzene rings is 4. The van der Waals surface area contributed by atoms with Crippen molar-refractivity contribution in [2.45, 2.75) is 54.2 Å². The maximum Gasteiger partial charge on any atom is 0.206 e. The van der Waals surface area contributed by atoms with Crippen molar-refractivity contribution in [2.24, 2.45) is 0 Å². The zero-order chi connectivity index (χ0) is 28.3. The van der Waals surface area contributed by atoms with E-state index in [0.29, 0.717) is 19.6 Å². The van der Waals surface area contributed by atoms with Gasteiger partial charge in [-0.2, -0.15) is 0 Å². The second kappa shape index (κ2) is 14.0. The topological polar surface area (TPSA) is 80.3 Å². The molecule has 0 saturated heterocycles. The van der Waals surface area contributed by atoms with Gasteiger partial charge in [-0.05, 0) is 89.8 Å². The molecule has 0 radical (unpaired) electrons. The van der Waals surface area contributed by atoms with Crippen molar-refractivity contribution >= 4 is 19.7 Å². The molecule has 0 aliphatic carbocycles. The Bertz CT molecular complexity index is 1270. The quantitative estimate of drug-likeness (QED) is 0.306. The van der Waals surface area contributed by atoms with Crippen LogP contribution < -0.4 is 5.32 Å². The molecule has 0 bridgehead atoms. The Morgan fingerprint density at radius 2 is 0.605 bits per heavy atom. The van der Waals surface area contributed by atoms with Crippen LogP contribution in [-0.4, -0.2) is 30.4 Å². The molecule has 0 spiro atoms. The van der Waals surface area contributed by atoms with E-state index in [0.717, 1.165) is 28.8 Å². The number of hydrogen-bond donors (Lipinski definition) is 1. The molecule has 5 nitrogen and oxygen atoms in total. The molecule has 38 heavy (non-hydrogen) atoms. The summed E-state index contributed by atoms with van der Waals surface area (Å²) < 4.78 is 49.0. The molecule has 0 heterocycles. The van der Waals surface area contributed by atoms with Crippen molar-refractivity contribution in [3.8, 4) is 0 Å². The van der Waals surface area contributed by atoms with Crippen molar-refractivity contribution in [2.75, 3.05) is 13.6 Å². The summed E-state index contributed by atoms with van der Waals surface area (Å²) in [5.74, 6) is 0. The molecule has 0 aromatic heterocycles. The van der Waals surface area contributed by atoms with Crippen molar-refractivity contribution in [1.29, 1.82) is 0 Å². The summed E-state index contributed by atoms with van der Waals surface area (Å²) in [4.78, 5) is 1.36. The van der Waals surface area contributed by atoms with Gasteiger partial charge in [-0.15, -0.1) is 0 Å². The summed E-state index contributed by atoms with van der Waals surface area (Å²) in [5.41, 5.74) is 4.20. The van der Waals surface area contributed by atoms with Gasteiger partial charge in [0.2, 0.25) is 19.7 Å². The van der Waals surface area contributed by atoms with Gasteiger partial charge in [-0.1, -0.05) is 77.7 Å².